The largest absolute Gasteiger partial charge is 0.422 e. The van der Waals surface area contributed by atoms with Crippen molar-refractivity contribution < 1.29 is 18.7 Å². The summed E-state index contributed by atoms with van der Waals surface area (Å²) in [5.74, 6) is 0.0119. The number of ketones is 1. The monoisotopic (exact) mass is 154 g/mol. The molecule has 0 saturated carbocycles. The van der Waals surface area contributed by atoms with E-state index in [4.69, 9.17) is 4.42 Å². The molecule has 11 heavy (non-hydrogen) atoms. The third-order valence-electron chi connectivity index (χ3n) is 1.09. The van der Waals surface area contributed by atoms with Crippen molar-refractivity contribution in [2.24, 2.45) is 0 Å². The van der Waals surface area contributed by atoms with Gasteiger partial charge in [0.15, 0.2) is 11.5 Å². The zero-order valence-electron chi connectivity index (χ0n) is 5.87. The molecule has 0 fully saturated rings. The molecule has 0 spiro atoms. The Bertz CT molecular complexity index is 274. The van der Waals surface area contributed by atoms with Crippen molar-refractivity contribution in [1.29, 1.82) is 0 Å². The standard InChI is InChI=1S/C7H6O4/c1-5(9)6-2-3-7(11-6)10-4-8/h2-4H,1H3. The van der Waals surface area contributed by atoms with Gasteiger partial charge >= 0.3 is 6.47 Å². The topological polar surface area (TPSA) is 56.5 Å². The summed E-state index contributed by atoms with van der Waals surface area (Å²) < 4.78 is 9.12. The minimum atomic E-state index is -0.203. The molecule has 0 amide bonds. The highest BCUT2D eigenvalue weighted by molar-refractivity contribution is 5.91. The lowest BCUT2D eigenvalue weighted by Crippen LogP contribution is -1.87. The molecule has 0 aliphatic carbocycles. The predicted octanol–water partition coefficient (Wildman–Crippen LogP) is 1.02. The minimum Gasteiger partial charge on any atom is -0.422 e. The lowest BCUT2D eigenvalue weighted by molar-refractivity contribution is -0.121. The highest BCUT2D eigenvalue weighted by atomic mass is 16.6. The fourth-order valence-corrected chi connectivity index (χ4v) is 0.620. The fourth-order valence-electron chi connectivity index (χ4n) is 0.620. The molecule has 1 heterocycles. The summed E-state index contributed by atoms with van der Waals surface area (Å²) in [7, 11) is 0. The maximum Gasteiger partial charge on any atom is 0.300 e. The van der Waals surface area contributed by atoms with E-state index in [0.29, 0.717) is 0 Å². The second-order valence-electron chi connectivity index (χ2n) is 1.89. The van der Waals surface area contributed by atoms with Gasteiger partial charge in [0, 0.05) is 13.0 Å². The Morgan fingerprint density at radius 3 is 2.82 bits per heavy atom. The first-order valence-corrected chi connectivity index (χ1v) is 2.95. The van der Waals surface area contributed by atoms with Gasteiger partial charge in [-0.3, -0.25) is 9.59 Å². The van der Waals surface area contributed by atoms with Crippen molar-refractivity contribution in [2.75, 3.05) is 0 Å². The summed E-state index contributed by atoms with van der Waals surface area (Å²) in [6.45, 7) is 1.60. The van der Waals surface area contributed by atoms with Crippen molar-refractivity contribution in [2.45, 2.75) is 6.92 Å². The van der Waals surface area contributed by atoms with E-state index < -0.39 is 0 Å². The van der Waals surface area contributed by atoms with Crippen molar-refractivity contribution >= 4 is 12.3 Å². The maximum atomic E-state index is 10.6. The van der Waals surface area contributed by atoms with Gasteiger partial charge in [-0.15, -0.1) is 0 Å². The Labute approximate surface area is 62.8 Å². The summed E-state index contributed by atoms with van der Waals surface area (Å²) in [4.78, 5) is 20.4. The highest BCUT2D eigenvalue weighted by Gasteiger charge is 2.05. The van der Waals surface area contributed by atoms with Crippen LogP contribution in [-0.4, -0.2) is 12.3 Å². The minimum absolute atomic E-state index is 0.0326. The van der Waals surface area contributed by atoms with Crippen LogP contribution in [0.25, 0.3) is 0 Å². The lowest BCUT2D eigenvalue weighted by atomic mass is 10.3. The van der Waals surface area contributed by atoms with E-state index >= 15 is 0 Å². The highest BCUT2D eigenvalue weighted by Crippen LogP contribution is 2.15. The lowest BCUT2D eigenvalue weighted by Gasteiger charge is -1.87. The molecule has 0 aromatic carbocycles. The molecule has 58 valence electrons. The Hall–Kier alpha value is -1.58. The number of furan rings is 1. The van der Waals surface area contributed by atoms with Crippen LogP contribution >= 0.6 is 0 Å². The molecule has 0 atom stereocenters. The smallest absolute Gasteiger partial charge is 0.300 e. The van der Waals surface area contributed by atoms with Crippen LogP contribution in [0.4, 0.5) is 0 Å². The van der Waals surface area contributed by atoms with Crippen molar-refractivity contribution in [3.63, 3.8) is 0 Å². The van der Waals surface area contributed by atoms with Crippen LogP contribution in [0.15, 0.2) is 16.5 Å². The van der Waals surface area contributed by atoms with E-state index in [1.54, 1.807) is 0 Å². The summed E-state index contributed by atoms with van der Waals surface area (Å²) in [6.07, 6.45) is 0. The number of carbonyl (C=O) groups is 2. The van der Waals surface area contributed by atoms with Gasteiger partial charge in [0.05, 0.1) is 0 Å². The van der Waals surface area contributed by atoms with Crippen LogP contribution < -0.4 is 4.74 Å². The average molecular weight is 154 g/mol. The number of hydrogen-bond donors (Lipinski definition) is 0. The Balaban J connectivity index is 2.81. The fraction of sp³-hybridized carbons (Fsp3) is 0.143. The molecule has 0 bridgehead atoms. The zero-order chi connectivity index (χ0) is 8.27. The molecule has 1 aromatic heterocycles. The van der Waals surface area contributed by atoms with Gasteiger partial charge in [-0.05, 0) is 6.07 Å². The third-order valence-corrected chi connectivity index (χ3v) is 1.09. The number of Topliss-reactive ketones (excluding diaryl/α,β-unsaturated/α-hetero) is 1. The predicted molar refractivity (Wildman–Crippen MR) is 35.4 cm³/mol. The van der Waals surface area contributed by atoms with E-state index in [2.05, 4.69) is 4.74 Å². The second-order valence-corrected chi connectivity index (χ2v) is 1.89. The van der Waals surface area contributed by atoms with Crippen molar-refractivity contribution in [3.05, 3.63) is 17.9 Å². The first kappa shape index (κ1) is 7.53. The molecule has 4 heteroatoms. The summed E-state index contributed by atoms with van der Waals surface area (Å²) in [6, 6.07) is 2.85. The van der Waals surface area contributed by atoms with E-state index in [0.717, 1.165) is 0 Å². The van der Waals surface area contributed by atoms with Gasteiger partial charge in [-0.1, -0.05) is 0 Å². The van der Waals surface area contributed by atoms with E-state index in [1.165, 1.54) is 19.1 Å². The van der Waals surface area contributed by atoms with Crippen molar-refractivity contribution in [1.82, 2.24) is 0 Å². The van der Waals surface area contributed by atoms with Crippen LogP contribution in [0.2, 0.25) is 0 Å². The number of ether oxygens (including phenoxy) is 1. The molecule has 1 rings (SSSR count). The normalized spacial score (nSPS) is 9.18. The van der Waals surface area contributed by atoms with E-state index in [-0.39, 0.29) is 24.0 Å². The summed E-state index contributed by atoms with van der Waals surface area (Å²) in [5, 5.41) is 0. The first-order chi connectivity index (χ1) is 5.24. The molecule has 0 aliphatic heterocycles. The van der Waals surface area contributed by atoms with Gasteiger partial charge in [0.1, 0.15) is 0 Å². The first-order valence-electron chi connectivity index (χ1n) is 2.95. The molecule has 0 saturated heterocycles. The van der Waals surface area contributed by atoms with Crippen LogP contribution in [0, 0.1) is 0 Å². The van der Waals surface area contributed by atoms with Crippen LogP contribution in [0.1, 0.15) is 17.5 Å². The van der Waals surface area contributed by atoms with Crippen LogP contribution in [0.3, 0.4) is 0 Å². The van der Waals surface area contributed by atoms with E-state index in [9.17, 15) is 9.59 Å². The van der Waals surface area contributed by atoms with Gasteiger partial charge in [-0.2, -0.15) is 0 Å². The van der Waals surface area contributed by atoms with Gasteiger partial charge in [0.25, 0.3) is 5.95 Å². The molecule has 0 N–H and O–H groups in total. The Morgan fingerprint density at radius 1 is 1.64 bits per heavy atom. The third kappa shape index (κ3) is 1.67. The van der Waals surface area contributed by atoms with Crippen molar-refractivity contribution in [3.8, 4) is 5.95 Å². The molecule has 0 unspecified atom stereocenters. The molecular formula is C7H6O4. The molecule has 0 aliphatic rings. The number of carbonyl (C=O) groups excluding carboxylic acids is 2. The average Bonchev–Trinajstić information content (AvgIpc) is 2.37. The Morgan fingerprint density at radius 2 is 2.36 bits per heavy atom. The quantitative estimate of drug-likeness (QED) is 0.481. The Kier molecular flexibility index (Phi) is 2.06. The van der Waals surface area contributed by atoms with E-state index in [1.807, 2.05) is 0 Å². The summed E-state index contributed by atoms with van der Waals surface area (Å²) >= 11 is 0. The second kappa shape index (κ2) is 3.01. The SMILES string of the molecule is CC(=O)c1ccc(OC=O)o1. The van der Waals surface area contributed by atoms with Gasteiger partial charge in [-0.25, -0.2) is 0 Å². The number of hydrogen-bond acceptors (Lipinski definition) is 4. The van der Waals surface area contributed by atoms with Crippen LogP contribution in [0.5, 0.6) is 5.95 Å². The summed E-state index contributed by atoms with van der Waals surface area (Å²) in [5.41, 5.74) is 0. The zero-order valence-corrected chi connectivity index (χ0v) is 5.87. The molecular weight excluding hydrogens is 148 g/mol. The maximum absolute atomic E-state index is 10.6. The number of rotatable bonds is 3. The molecule has 4 nitrogen and oxygen atoms in total. The van der Waals surface area contributed by atoms with Gasteiger partial charge < -0.3 is 9.15 Å². The van der Waals surface area contributed by atoms with Gasteiger partial charge in [0.2, 0.25) is 0 Å². The molecule has 1 aromatic rings. The molecule has 0 radical (unpaired) electrons. The van der Waals surface area contributed by atoms with Crippen LogP contribution in [-0.2, 0) is 4.79 Å².